The van der Waals surface area contributed by atoms with Crippen molar-refractivity contribution < 1.29 is 19.1 Å². The van der Waals surface area contributed by atoms with E-state index in [0.717, 1.165) is 4.47 Å². The van der Waals surface area contributed by atoms with Crippen LogP contribution in [0.2, 0.25) is 0 Å². The molecule has 7 heteroatoms. The number of amides is 1. The summed E-state index contributed by atoms with van der Waals surface area (Å²) in [5.41, 5.74) is 0.601. The van der Waals surface area contributed by atoms with Crippen LogP contribution in [-0.4, -0.2) is 48.1 Å². The Morgan fingerprint density at radius 3 is 2.54 bits per heavy atom. The molecule has 0 unspecified atom stereocenters. The Morgan fingerprint density at radius 2 is 1.88 bits per heavy atom. The fraction of sp³-hybridized carbons (Fsp3) is 0.235. The Bertz CT molecular complexity index is 775. The van der Waals surface area contributed by atoms with Crippen molar-refractivity contribution in [3.05, 3.63) is 58.2 Å². The summed E-state index contributed by atoms with van der Waals surface area (Å²) >= 11 is 3.37. The maximum absolute atomic E-state index is 12.6. The zero-order valence-electron chi connectivity index (χ0n) is 12.9. The first-order valence-electron chi connectivity index (χ1n) is 7.34. The lowest BCUT2D eigenvalue weighted by Crippen LogP contribution is -2.56. The van der Waals surface area contributed by atoms with E-state index in [1.54, 1.807) is 41.4 Å². The van der Waals surface area contributed by atoms with Crippen LogP contribution in [0.5, 0.6) is 5.88 Å². The molecule has 1 aromatic carbocycles. The number of ether oxygens (including phenoxy) is 2. The number of nitrogens with zero attached hydrogens (tertiary/aromatic N) is 2. The van der Waals surface area contributed by atoms with Gasteiger partial charge in [0.1, 0.15) is 6.10 Å². The Hall–Kier alpha value is -2.41. The van der Waals surface area contributed by atoms with Gasteiger partial charge in [0.05, 0.1) is 35.8 Å². The topological polar surface area (TPSA) is 68.7 Å². The Morgan fingerprint density at radius 1 is 1.17 bits per heavy atom. The molecule has 24 heavy (non-hydrogen) atoms. The maximum Gasteiger partial charge on any atom is 0.338 e. The zero-order chi connectivity index (χ0) is 17.1. The number of esters is 1. The van der Waals surface area contributed by atoms with Crippen LogP contribution in [0, 0.1) is 0 Å². The van der Waals surface area contributed by atoms with Gasteiger partial charge in [0.2, 0.25) is 5.88 Å². The molecule has 1 amide bonds. The molecule has 2 heterocycles. The third-order valence-electron chi connectivity index (χ3n) is 3.70. The van der Waals surface area contributed by atoms with Gasteiger partial charge in [-0.15, -0.1) is 0 Å². The fourth-order valence-electron chi connectivity index (χ4n) is 2.42. The van der Waals surface area contributed by atoms with Crippen molar-refractivity contribution in [1.82, 2.24) is 9.88 Å². The molecule has 0 saturated carbocycles. The maximum atomic E-state index is 12.6. The predicted molar refractivity (Wildman–Crippen MR) is 90.0 cm³/mol. The second kappa shape index (κ2) is 7.00. The zero-order valence-corrected chi connectivity index (χ0v) is 14.5. The van der Waals surface area contributed by atoms with Crippen LogP contribution in [0.4, 0.5) is 0 Å². The van der Waals surface area contributed by atoms with Gasteiger partial charge in [-0.25, -0.2) is 9.78 Å². The van der Waals surface area contributed by atoms with E-state index < -0.39 is 5.97 Å². The van der Waals surface area contributed by atoms with E-state index >= 15 is 0 Å². The second-order valence-electron chi connectivity index (χ2n) is 5.28. The summed E-state index contributed by atoms with van der Waals surface area (Å²) in [5, 5.41) is 0. The van der Waals surface area contributed by atoms with Crippen molar-refractivity contribution >= 4 is 27.8 Å². The molecule has 2 aromatic rings. The number of aromatic nitrogens is 1. The number of rotatable bonds is 4. The Kier molecular flexibility index (Phi) is 4.80. The molecule has 1 saturated heterocycles. The lowest BCUT2D eigenvalue weighted by Gasteiger charge is -2.39. The first-order valence-corrected chi connectivity index (χ1v) is 8.13. The Balaban J connectivity index is 1.65. The van der Waals surface area contributed by atoms with Crippen LogP contribution in [0.3, 0.4) is 0 Å². The number of pyridine rings is 1. The molecule has 6 nitrogen and oxygen atoms in total. The number of benzene rings is 1. The van der Waals surface area contributed by atoms with E-state index in [4.69, 9.17) is 9.47 Å². The summed E-state index contributed by atoms with van der Waals surface area (Å²) < 4.78 is 11.2. The highest BCUT2D eigenvalue weighted by molar-refractivity contribution is 9.10. The smallest absolute Gasteiger partial charge is 0.338 e. The van der Waals surface area contributed by atoms with Crippen LogP contribution < -0.4 is 4.74 Å². The van der Waals surface area contributed by atoms with Crippen molar-refractivity contribution in [3.63, 3.8) is 0 Å². The van der Waals surface area contributed by atoms with Gasteiger partial charge in [-0.2, -0.15) is 0 Å². The molecule has 0 bridgehead atoms. The van der Waals surface area contributed by atoms with Gasteiger partial charge >= 0.3 is 5.97 Å². The fourth-order valence-corrected chi connectivity index (χ4v) is 2.77. The number of methoxy groups -OCH3 is 1. The van der Waals surface area contributed by atoms with Gasteiger partial charge < -0.3 is 14.4 Å². The monoisotopic (exact) mass is 390 g/mol. The largest absolute Gasteiger partial charge is 0.470 e. The summed E-state index contributed by atoms with van der Waals surface area (Å²) in [7, 11) is 1.29. The third-order valence-corrected chi connectivity index (χ3v) is 4.30. The first kappa shape index (κ1) is 16.4. The molecular formula is C17H15BrN2O4. The standard InChI is InChI=1S/C17H15BrN2O4/c1-23-17(22)13-6-3-2-5-12(13)16(21)20-9-11(10-20)24-15-14(18)7-4-8-19-15/h2-8,11H,9-10H2,1H3. The van der Waals surface area contributed by atoms with Gasteiger partial charge in [-0.05, 0) is 40.2 Å². The van der Waals surface area contributed by atoms with Crippen molar-refractivity contribution in [3.8, 4) is 5.88 Å². The highest BCUT2D eigenvalue weighted by Gasteiger charge is 2.34. The molecule has 1 aromatic heterocycles. The van der Waals surface area contributed by atoms with Crippen LogP contribution >= 0.6 is 15.9 Å². The second-order valence-corrected chi connectivity index (χ2v) is 6.13. The van der Waals surface area contributed by atoms with E-state index in [-0.39, 0.29) is 17.6 Å². The number of carbonyl (C=O) groups excluding carboxylic acids is 2. The molecule has 0 spiro atoms. The molecule has 0 atom stereocenters. The highest BCUT2D eigenvalue weighted by Crippen LogP contribution is 2.25. The van der Waals surface area contributed by atoms with Gasteiger partial charge in [0.15, 0.2) is 0 Å². The average Bonchev–Trinajstić information content (AvgIpc) is 2.58. The number of likely N-dealkylation sites (tertiary alicyclic amines) is 1. The first-order chi connectivity index (χ1) is 11.6. The lowest BCUT2D eigenvalue weighted by atomic mass is 10.0. The Labute approximate surface area is 147 Å². The molecule has 1 aliphatic heterocycles. The van der Waals surface area contributed by atoms with Crippen molar-refractivity contribution in [2.75, 3.05) is 20.2 Å². The number of hydrogen-bond acceptors (Lipinski definition) is 5. The number of hydrogen-bond donors (Lipinski definition) is 0. The van der Waals surface area contributed by atoms with Crippen molar-refractivity contribution in [1.29, 1.82) is 0 Å². The van der Waals surface area contributed by atoms with Crippen molar-refractivity contribution in [2.45, 2.75) is 6.10 Å². The molecule has 1 fully saturated rings. The van der Waals surface area contributed by atoms with Gasteiger partial charge in [-0.1, -0.05) is 12.1 Å². The summed E-state index contributed by atoms with van der Waals surface area (Å²) in [4.78, 5) is 30.1. The molecule has 0 aliphatic carbocycles. The molecule has 124 valence electrons. The molecule has 0 radical (unpaired) electrons. The minimum atomic E-state index is -0.523. The molecule has 1 aliphatic rings. The minimum Gasteiger partial charge on any atom is -0.470 e. The van der Waals surface area contributed by atoms with Crippen molar-refractivity contribution in [2.24, 2.45) is 0 Å². The average molecular weight is 391 g/mol. The predicted octanol–water partition coefficient (Wildman–Crippen LogP) is 2.53. The van der Waals surface area contributed by atoms with E-state index in [1.807, 2.05) is 6.07 Å². The van der Waals surface area contributed by atoms with Crippen LogP contribution in [0.1, 0.15) is 20.7 Å². The lowest BCUT2D eigenvalue weighted by molar-refractivity contribution is 0.0154. The molecule has 3 rings (SSSR count). The van der Waals surface area contributed by atoms with E-state index in [0.29, 0.717) is 24.5 Å². The normalized spacial score (nSPS) is 14.0. The number of carbonyl (C=O) groups is 2. The summed E-state index contributed by atoms with van der Waals surface area (Å²) in [6, 6.07) is 10.3. The van der Waals surface area contributed by atoms with Crippen LogP contribution in [-0.2, 0) is 4.74 Å². The third kappa shape index (κ3) is 3.26. The van der Waals surface area contributed by atoms with Gasteiger partial charge in [0.25, 0.3) is 5.91 Å². The van der Waals surface area contributed by atoms with Gasteiger partial charge in [-0.3, -0.25) is 4.79 Å². The van der Waals surface area contributed by atoms with Crippen LogP contribution in [0.25, 0.3) is 0 Å². The van der Waals surface area contributed by atoms with Crippen LogP contribution in [0.15, 0.2) is 47.1 Å². The highest BCUT2D eigenvalue weighted by atomic mass is 79.9. The summed E-state index contributed by atoms with van der Waals surface area (Å²) in [6.45, 7) is 0.884. The molecule has 0 N–H and O–H groups in total. The summed E-state index contributed by atoms with van der Waals surface area (Å²) in [6.07, 6.45) is 1.53. The SMILES string of the molecule is COC(=O)c1ccccc1C(=O)N1CC(Oc2ncccc2Br)C1. The quantitative estimate of drug-likeness (QED) is 0.750. The van der Waals surface area contributed by atoms with E-state index in [2.05, 4.69) is 20.9 Å². The molecular weight excluding hydrogens is 376 g/mol. The van der Waals surface area contributed by atoms with E-state index in [1.165, 1.54) is 7.11 Å². The number of halogens is 1. The van der Waals surface area contributed by atoms with E-state index in [9.17, 15) is 9.59 Å². The minimum absolute atomic E-state index is 0.120. The summed E-state index contributed by atoms with van der Waals surface area (Å²) in [5.74, 6) is -0.231. The van der Waals surface area contributed by atoms with Gasteiger partial charge in [0, 0.05) is 6.20 Å².